The van der Waals surface area contributed by atoms with Crippen molar-refractivity contribution in [1.82, 2.24) is 15.3 Å². The van der Waals surface area contributed by atoms with Gasteiger partial charge in [0.25, 0.3) is 5.91 Å². The molecule has 2 aromatic heterocycles. The average molecular weight is 401 g/mol. The van der Waals surface area contributed by atoms with Crippen LogP contribution in [0.25, 0.3) is 5.57 Å². The van der Waals surface area contributed by atoms with E-state index in [2.05, 4.69) is 27.4 Å². The minimum atomic E-state index is -0.412. The van der Waals surface area contributed by atoms with E-state index >= 15 is 0 Å². The third-order valence-electron chi connectivity index (χ3n) is 4.77. The van der Waals surface area contributed by atoms with Crippen LogP contribution in [0.4, 0.5) is 4.39 Å². The Bertz CT molecular complexity index is 1140. The SMILES string of the molecule is Cc1c(Oc2ccnc(C3=CCC=C3)c2)cccc1C(=O)NCc1ccc(F)cn1. The normalized spacial score (nSPS) is 12.5. The highest BCUT2D eigenvalue weighted by molar-refractivity contribution is 5.96. The molecule has 150 valence electrons. The molecule has 5 nitrogen and oxygen atoms in total. The molecule has 1 amide bonds. The first kappa shape index (κ1) is 19.5. The van der Waals surface area contributed by atoms with E-state index in [9.17, 15) is 9.18 Å². The number of carbonyl (C=O) groups excluding carboxylic acids is 1. The first-order chi connectivity index (χ1) is 14.6. The van der Waals surface area contributed by atoms with Gasteiger partial charge in [0, 0.05) is 23.4 Å². The summed E-state index contributed by atoms with van der Waals surface area (Å²) in [5.74, 6) is 0.582. The van der Waals surface area contributed by atoms with Gasteiger partial charge in [-0.1, -0.05) is 24.3 Å². The summed E-state index contributed by atoms with van der Waals surface area (Å²) in [6.45, 7) is 2.05. The van der Waals surface area contributed by atoms with Crippen molar-refractivity contribution in [3.63, 3.8) is 0 Å². The largest absolute Gasteiger partial charge is 0.457 e. The fraction of sp³-hybridized carbons (Fsp3) is 0.125. The molecule has 0 unspecified atom stereocenters. The summed E-state index contributed by atoms with van der Waals surface area (Å²) in [4.78, 5) is 21.0. The number of nitrogens with zero attached hydrogens (tertiary/aromatic N) is 2. The second kappa shape index (κ2) is 8.69. The third-order valence-corrected chi connectivity index (χ3v) is 4.77. The van der Waals surface area contributed by atoms with E-state index in [0.29, 0.717) is 22.8 Å². The predicted molar refractivity (Wildman–Crippen MR) is 113 cm³/mol. The first-order valence-electron chi connectivity index (χ1n) is 9.59. The van der Waals surface area contributed by atoms with Gasteiger partial charge in [0.15, 0.2) is 0 Å². The Morgan fingerprint density at radius 3 is 2.87 bits per heavy atom. The first-order valence-corrected chi connectivity index (χ1v) is 9.59. The van der Waals surface area contributed by atoms with Crippen molar-refractivity contribution in [2.75, 3.05) is 0 Å². The summed E-state index contributed by atoms with van der Waals surface area (Å²) < 4.78 is 19.0. The highest BCUT2D eigenvalue weighted by atomic mass is 19.1. The zero-order valence-electron chi connectivity index (χ0n) is 16.4. The second-order valence-corrected chi connectivity index (χ2v) is 6.86. The van der Waals surface area contributed by atoms with Crippen LogP contribution in [0, 0.1) is 12.7 Å². The number of hydrogen-bond acceptors (Lipinski definition) is 4. The summed E-state index contributed by atoms with van der Waals surface area (Å²) in [6.07, 6.45) is 9.97. The molecule has 1 aliphatic carbocycles. The maximum Gasteiger partial charge on any atom is 0.252 e. The quantitative estimate of drug-likeness (QED) is 0.632. The van der Waals surface area contributed by atoms with Crippen LogP contribution < -0.4 is 10.1 Å². The van der Waals surface area contributed by atoms with Gasteiger partial charge in [-0.05, 0) is 49.2 Å². The van der Waals surface area contributed by atoms with Crippen molar-refractivity contribution in [2.45, 2.75) is 19.9 Å². The molecule has 0 bridgehead atoms. The van der Waals surface area contributed by atoms with E-state index in [1.165, 1.54) is 12.1 Å². The number of nitrogens with one attached hydrogen (secondary N) is 1. The third kappa shape index (κ3) is 4.43. The van der Waals surface area contributed by atoms with E-state index in [-0.39, 0.29) is 12.5 Å². The van der Waals surface area contributed by atoms with Crippen molar-refractivity contribution >= 4 is 11.5 Å². The van der Waals surface area contributed by atoms with Crippen molar-refractivity contribution in [1.29, 1.82) is 0 Å². The van der Waals surface area contributed by atoms with E-state index in [4.69, 9.17) is 4.74 Å². The van der Waals surface area contributed by atoms with Gasteiger partial charge >= 0.3 is 0 Å². The molecule has 0 aliphatic heterocycles. The zero-order valence-corrected chi connectivity index (χ0v) is 16.4. The summed E-state index contributed by atoms with van der Waals surface area (Å²) in [5, 5.41) is 2.81. The van der Waals surface area contributed by atoms with Crippen molar-refractivity contribution in [3.8, 4) is 11.5 Å². The summed E-state index contributed by atoms with van der Waals surface area (Å²) in [7, 11) is 0. The van der Waals surface area contributed by atoms with Crippen LogP contribution in [0.2, 0.25) is 0 Å². The number of carbonyl (C=O) groups is 1. The monoisotopic (exact) mass is 401 g/mol. The van der Waals surface area contributed by atoms with Crippen molar-refractivity contribution in [2.24, 2.45) is 0 Å². The van der Waals surface area contributed by atoms with Gasteiger partial charge in [-0.15, -0.1) is 0 Å². The van der Waals surface area contributed by atoms with Crippen LogP contribution in [0.1, 0.15) is 33.7 Å². The zero-order chi connectivity index (χ0) is 20.9. The van der Waals surface area contributed by atoms with Crippen LogP contribution in [-0.2, 0) is 6.54 Å². The van der Waals surface area contributed by atoms with Gasteiger partial charge in [0.05, 0.1) is 24.1 Å². The Kier molecular flexibility index (Phi) is 5.66. The molecule has 0 spiro atoms. The van der Waals surface area contributed by atoms with Gasteiger partial charge in [-0.25, -0.2) is 4.39 Å². The Morgan fingerprint density at radius 1 is 1.20 bits per heavy atom. The lowest BCUT2D eigenvalue weighted by Crippen LogP contribution is -2.24. The number of benzene rings is 1. The van der Waals surface area contributed by atoms with Crippen molar-refractivity contribution in [3.05, 3.63) is 101 Å². The Morgan fingerprint density at radius 2 is 2.10 bits per heavy atom. The molecule has 1 aliphatic rings. The molecule has 2 heterocycles. The molecule has 6 heteroatoms. The van der Waals surface area contributed by atoms with Gasteiger partial charge < -0.3 is 10.1 Å². The fourth-order valence-corrected chi connectivity index (χ4v) is 3.16. The van der Waals surface area contributed by atoms with Gasteiger partial charge in [0.2, 0.25) is 0 Å². The highest BCUT2D eigenvalue weighted by Gasteiger charge is 2.14. The summed E-state index contributed by atoms with van der Waals surface area (Å²) in [6, 6.07) is 11.9. The number of amides is 1. The number of halogens is 1. The number of allylic oxidation sites excluding steroid dienone is 4. The molecule has 1 aromatic carbocycles. The van der Waals surface area contributed by atoms with Gasteiger partial charge in [0.1, 0.15) is 17.3 Å². The summed E-state index contributed by atoms with van der Waals surface area (Å²) >= 11 is 0. The van der Waals surface area contributed by atoms with E-state index < -0.39 is 5.82 Å². The Hall–Kier alpha value is -3.80. The number of pyridine rings is 2. The van der Waals surface area contributed by atoms with Crippen LogP contribution in [0.5, 0.6) is 11.5 Å². The number of aromatic nitrogens is 2. The fourth-order valence-electron chi connectivity index (χ4n) is 3.16. The molecule has 0 atom stereocenters. The van der Waals surface area contributed by atoms with Gasteiger partial charge in [-0.2, -0.15) is 0 Å². The van der Waals surface area contributed by atoms with Gasteiger partial charge in [-0.3, -0.25) is 14.8 Å². The molecule has 0 saturated heterocycles. The maximum absolute atomic E-state index is 13.0. The van der Waals surface area contributed by atoms with Crippen molar-refractivity contribution < 1.29 is 13.9 Å². The highest BCUT2D eigenvalue weighted by Crippen LogP contribution is 2.29. The van der Waals surface area contributed by atoms with E-state index in [1.807, 2.05) is 25.1 Å². The lowest BCUT2D eigenvalue weighted by atomic mass is 10.1. The van der Waals surface area contributed by atoms with Crippen LogP contribution in [-0.4, -0.2) is 15.9 Å². The molecule has 0 fully saturated rings. The molecule has 0 saturated carbocycles. The topological polar surface area (TPSA) is 64.1 Å². The second-order valence-electron chi connectivity index (χ2n) is 6.86. The average Bonchev–Trinajstić information content (AvgIpc) is 3.30. The van der Waals surface area contributed by atoms with Crippen LogP contribution >= 0.6 is 0 Å². The molecular weight excluding hydrogens is 381 g/mol. The lowest BCUT2D eigenvalue weighted by molar-refractivity contribution is 0.0949. The Labute approximate surface area is 174 Å². The predicted octanol–water partition coefficient (Wildman–Crippen LogP) is 4.99. The lowest BCUT2D eigenvalue weighted by Gasteiger charge is -2.13. The molecule has 0 radical (unpaired) electrons. The molecule has 3 aromatic rings. The standard InChI is InChI=1S/C24H20FN3O2/c1-16-21(24(29)28-15-19-10-9-18(25)14-27-19)7-4-8-23(16)30-20-11-12-26-22(13-20)17-5-2-3-6-17/h2,4-14H,3,15H2,1H3,(H,28,29). The van der Waals surface area contributed by atoms with Crippen LogP contribution in [0.15, 0.2) is 73.1 Å². The van der Waals surface area contributed by atoms with E-state index in [1.54, 1.807) is 24.4 Å². The van der Waals surface area contributed by atoms with Crippen LogP contribution in [0.3, 0.4) is 0 Å². The minimum absolute atomic E-state index is 0.208. The number of ether oxygens (including phenoxy) is 1. The van der Waals surface area contributed by atoms with E-state index in [0.717, 1.165) is 29.4 Å². The molecule has 4 rings (SSSR count). The molecular formula is C24H20FN3O2. The summed E-state index contributed by atoms with van der Waals surface area (Å²) in [5.41, 5.74) is 3.72. The minimum Gasteiger partial charge on any atom is -0.457 e. The molecule has 30 heavy (non-hydrogen) atoms. The Balaban J connectivity index is 1.49. The smallest absolute Gasteiger partial charge is 0.252 e. The number of hydrogen-bond donors (Lipinski definition) is 1. The maximum atomic E-state index is 13.0. The molecule has 1 N–H and O–H groups in total. The number of rotatable bonds is 6.